The molecule has 27 heavy (non-hydrogen) atoms. The summed E-state index contributed by atoms with van der Waals surface area (Å²) in [5.74, 6) is 0.911. The van der Waals surface area contributed by atoms with Crippen molar-refractivity contribution in [1.29, 1.82) is 0 Å². The van der Waals surface area contributed by atoms with Gasteiger partial charge in [0.05, 0.1) is 25.0 Å². The van der Waals surface area contributed by atoms with E-state index in [1.807, 2.05) is 47.4 Å². The van der Waals surface area contributed by atoms with E-state index in [0.717, 1.165) is 38.8 Å². The van der Waals surface area contributed by atoms with E-state index in [9.17, 15) is 4.79 Å². The zero-order chi connectivity index (χ0) is 18.2. The number of para-hydroxylation sites is 1. The Labute approximate surface area is 159 Å². The largest absolute Gasteiger partial charge is 0.467 e. The maximum Gasteiger partial charge on any atom is 0.270 e. The Morgan fingerprint density at radius 2 is 2.22 bits per heavy atom. The van der Waals surface area contributed by atoms with Crippen molar-refractivity contribution in [2.75, 3.05) is 11.9 Å². The van der Waals surface area contributed by atoms with Crippen molar-refractivity contribution in [1.82, 2.24) is 14.9 Å². The predicted octanol–water partition coefficient (Wildman–Crippen LogP) is 4.03. The number of hydrogen-bond donors (Lipinski definition) is 2. The second kappa shape index (κ2) is 6.59. The van der Waals surface area contributed by atoms with Gasteiger partial charge in [0.2, 0.25) is 0 Å². The quantitative estimate of drug-likeness (QED) is 0.562. The van der Waals surface area contributed by atoms with Crippen molar-refractivity contribution >= 4 is 33.3 Å². The molecule has 1 aliphatic rings. The molecule has 136 valence electrons. The number of H-pyrrole nitrogens is 1. The molecule has 5 rings (SSSR count). The van der Waals surface area contributed by atoms with Crippen LogP contribution in [-0.2, 0) is 19.5 Å². The maximum absolute atomic E-state index is 12.9. The minimum atomic E-state index is 0.0374. The van der Waals surface area contributed by atoms with Gasteiger partial charge in [-0.1, -0.05) is 29.5 Å². The van der Waals surface area contributed by atoms with Crippen molar-refractivity contribution in [3.8, 4) is 0 Å². The molecule has 1 aromatic carbocycles. The molecule has 0 saturated carbocycles. The van der Waals surface area contributed by atoms with Gasteiger partial charge < -0.3 is 19.6 Å². The van der Waals surface area contributed by atoms with Gasteiger partial charge in [-0.15, -0.1) is 0 Å². The molecule has 0 aliphatic carbocycles. The summed E-state index contributed by atoms with van der Waals surface area (Å²) in [5.41, 5.74) is 2.71. The first-order valence-electron chi connectivity index (χ1n) is 8.88. The van der Waals surface area contributed by atoms with Crippen LogP contribution in [-0.4, -0.2) is 27.3 Å². The van der Waals surface area contributed by atoms with E-state index in [1.54, 1.807) is 17.6 Å². The lowest BCUT2D eigenvalue weighted by Gasteiger charge is -2.25. The minimum Gasteiger partial charge on any atom is -0.467 e. The van der Waals surface area contributed by atoms with E-state index < -0.39 is 0 Å². The fraction of sp³-hybridized carbons (Fsp3) is 0.200. The number of nitrogens with one attached hydrogen (secondary N) is 2. The Morgan fingerprint density at radius 3 is 3.07 bits per heavy atom. The smallest absolute Gasteiger partial charge is 0.270 e. The molecule has 0 bridgehead atoms. The second-order valence-corrected chi connectivity index (χ2v) is 7.65. The van der Waals surface area contributed by atoms with Crippen molar-refractivity contribution in [2.24, 2.45) is 0 Å². The fourth-order valence-electron chi connectivity index (χ4n) is 3.38. The summed E-state index contributed by atoms with van der Waals surface area (Å²) in [7, 11) is 0. The molecule has 3 aromatic heterocycles. The average molecular weight is 378 g/mol. The predicted molar refractivity (Wildman–Crippen MR) is 105 cm³/mol. The monoisotopic (exact) mass is 378 g/mol. The van der Waals surface area contributed by atoms with E-state index in [4.69, 9.17) is 4.42 Å². The first kappa shape index (κ1) is 16.1. The highest BCUT2D eigenvalue weighted by atomic mass is 32.1. The number of hydrogen-bond acceptors (Lipinski definition) is 5. The van der Waals surface area contributed by atoms with Crippen LogP contribution >= 0.6 is 11.3 Å². The van der Waals surface area contributed by atoms with Crippen molar-refractivity contribution in [3.05, 3.63) is 70.8 Å². The number of anilines is 1. The average Bonchev–Trinajstić information content (AvgIpc) is 3.43. The maximum atomic E-state index is 12.9. The van der Waals surface area contributed by atoms with E-state index in [-0.39, 0.29) is 5.91 Å². The van der Waals surface area contributed by atoms with Crippen LogP contribution < -0.4 is 5.32 Å². The highest BCUT2D eigenvalue weighted by Gasteiger charge is 2.25. The first-order valence-corrected chi connectivity index (χ1v) is 9.70. The van der Waals surface area contributed by atoms with Gasteiger partial charge in [0.15, 0.2) is 5.13 Å². The Morgan fingerprint density at radius 1 is 1.30 bits per heavy atom. The molecule has 0 atom stereocenters. The summed E-state index contributed by atoms with van der Waals surface area (Å²) >= 11 is 1.61. The number of thiazole rings is 1. The number of rotatable bonds is 4. The van der Waals surface area contributed by atoms with Gasteiger partial charge >= 0.3 is 0 Å². The van der Waals surface area contributed by atoms with E-state index in [1.165, 1.54) is 0 Å². The van der Waals surface area contributed by atoms with Crippen LogP contribution in [0.4, 0.5) is 5.13 Å². The molecule has 0 radical (unpaired) electrons. The summed E-state index contributed by atoms with van der Waals surface area (Å²) in [4.78, 5) is 23.9. The molecule has 4 aromatic rings. The number of fused-ring (bicyclic) bond motifs is 2. The summed E-state index contributed by atoms with van der Waals surface area (Å²) in [6, 6.07) is 13.7. The lowest BCUT2D eigenvalue weighted by atomic mass is 10.1. The summed E-state index contributed by atoms with van der Waals surface area (Å²) < 4.78 is 5.34. The number of amides is 1. The molecule has 0 unspecified atom stereocenters. The van der Waals surface area contributed by atoms with Gasteiger partial charge in [0.1, 0.15) is 11.5 Å². The Balaban J connectivity index is 1.30. The third kappa shape index (κ3) is 3.10. The zero-order valence-corrected chi connectivity index (χ0v) is 15.4. The van der Waals surface area contributed by atoms with Gasteiger partial charge in [0, 0.05) is 28.7 Å². The van der Waals surface area contributed by atoms with Crippen LogP contribution in [0.5, 0.6) is 0 Å². The van der Waals surface area contributed by atoms with E-state index in [0.29, 0.717) is 25.3 Å². The molecular formula is C20H18N4O2S. The number of aromatic nitrogens is 2. The van der Waals surface area contributed by atoms with Gasteiger partial charge in [-0.25, -0.2) is 4.98 Å². The molecule has 1 aliphatic heterocycles. The van der Waals surface area contributed by atoms with Crippen LogP contribution in [0.2, 0.25) is 0 Å². The molecule has 6 nitrogen and oxygen atoms in total. The summed E-state index contributed by atoms with van der Waals surface area (Å²) in [6.45, 7) is 1.89. The number of aromatic amines is 1. The number of carbonyl (C=O) groups excluding carboxylic acids is 1. The van der Waals surface area contributed by atoms with Crippen LogP contribution in [0.1, 0.15) is 26.8 Å². The molecule has 0 saturated heterocycles. The van der Waals surface area contributed by atoms with E-state index >= 15 is 0 Å². The van der Waals surface area contributed by atoms with Gasteiger partial charge in [0.25, 0.3) is 5.91 Å². The standard InChI is InChI=1S/C20H18N4O2S/c25-19(17-10-13-4-1-2-6-15(13)22-17)24-8-7-16-18(12-24)27-20(23-16)21-11-14-5-3-9-26-14/h1-6,9-10,22H,7-8,11-12H2,(H,21,23). The topological polar surface area (TPSA) is 74.2 Å². The summed E-state index contributed by atoms with van der Waals surface area (Å²) in [5, 5.41) is 5.23. The minimum absolute atomic E-state index is 0.0374. The fourth-order valence-corrected chi connectivity index (χ4v) is 4.40. The molecule has 0 fully saturated rings. The summed E-state index contributed by atoms with van der Waals surface area (Å²) in [6.07, 6.45) is 2.44. The molecular weight excluding hydrogens is 360 g/mol. The molecule has 1 amide bonds. The normalized spacial score (nSPS) is 13.7. The SMILES string of the molecule is O=C(c1cc2ccccc2[nH]1)N1CCc2nc(NCc3ccco3)sc2C1. The lowest BCUT2D eigenvalue weighted by molar-refractivity contribution is 0.0731. The number of furan rings is 1. The third-order valence-electron chi connectivity index (χ3n) is 4.77. The zero-order valence-electron chi connectivity index (χ0n) is 14.6. The van der Waals surface area contributed by atoms with Crippen LogP contribution in [0.15, 0.2) is 53.1 Å². The highest BCUT2D eigenvalue weighted by Crippen LogP contribution is 2.29. The Kier molecular flexibility index (Phi) is 3.94. The van der Waals surface area contributed by atoms with Gasteiger partial charge in [-0.2, -0.15) is 0 Å². The van der Waals surface area contributed by atoms with Crippen molar-refractivity contribution < 1.29 is 9.21 Å². The molecule has 2 N–H and O–H groups in total. The van der Waals surface area contributed by atoms with Crippen LogP contribution in [0, 0.1) is 0 Å². The first-order chi connectivity index (χ1) is 13.3. The highest BCUT2D eigenvalue weighted by molar-refractivity contribution is 7.15. The van der Waals surface area contributed by atoms with Gasteiger partial charge in [-0.3, -0.25) is 4.79 Å². The molecule has 4 heterocycles. The number of benzene rings is 1. The van der Waals surface area contributed by atoms with Crippen molar-refractivity contribution in [2.45, 2.75) is 19.5 Å². The van der Waals surface area contributed by atoms with Crippen LogP contribution in [0.3, 0.4) is 0 Å². The Bertz CT molecular complexity index is 1060. The lowest BCUT2D eigenvalue weighted by Crippen LogP contribution is -2.35. The van der Waals surface area contributed by atoms with Gasteiger partial charge in [-0.05, 0) is 24.3 Å². The third-order valence-corrected chi connectivity index (χ3v) is 5.81. The number of nitrogens with zero attached hydrogens (tertiary/aromatic N) is 2. The number of carbonyl (C=O) groups is 1. The van der Waals surface area contributed by atoms with E-state index in [2.05, 4.69) is 15.3 Å². The van der Waals surface area contributed by atoms with Crippen LogP contribution in [0.25, 0.3) is 10.9 Å². The van der Waals surface area contributed by atoms with Crippen molar-refractivity contribution in [3.63, 3.8) is 0 Å². The molecule has 0 spiro atoms. The Hall–Kier alpha value is -3.06. The molecule has 7 heteroatoms. The second-order valence-electron chi connectivity index (χ2n) is 6.57.